The van der Waals surface area contributed by atoms with Crippen molar-refractivity contribution in [1.82, 2.24) is 5.01 Å². The Morgan fingerprint density at radius 1 is 1.56 bits per heavy atom. The Bertz CT molecular complexity index is 344. The summed E-state index contributed by atoms with van der Waals surface area (Å²) in [4.78, 5) is 0. The van der Waals surface area contributed by atoms with Crippen molar-refractivity contribution in [2.24, 2.45) is 5.84 Å². The molecule has 1 aliphatic rings. The molecular formula is C12H18N2O2. The molecule has 2 N–H and O–H groups in total. The van der Waals surface area contributed by atoms with Crippen molar-refractivity contribution in [2.75, 3.05) is 26.3 Å². The lowest BCUT2D eigenvalue weighted by atomic mass is 10.1. The number of hydrogen-bond acceptors (Lipinski definition) is 4. The minimum absolute atomic E-state index is 0.0548. The zero-order valence-electron chi connectivity index (χ0n) is 9.56. The molecule has 0 aromatic heterocycles. The minimum atomic E-state index is 0.0548. The van der Waals surface area contributed by atoms with Gasteiger partial charge in [0.25, 0.3) is 0 Å². The van der Waals surface area contributed by atoms with Crippen LogP contribution in [-0.2, 0) is 4.74 Å². The van der Waals surface area contributed by atoms with Gasteiger partial charge in [-0.2, -0.15) is 0 Å². The third-order valence-electron chi connectivity index (χ3n) is 2.64. The average Bonchev–Trinajstić information content (AvgIpc) is 2.30. The quantitative estimate of drug-likeness (QED) is 0.784. The molecule has 1 aromatic rings. The van der Waals surface area contributed by atoms with E-state index in [1.807, 2.05) is 31.2 Å². The van der Waals surface area contributed by atoms with Crippen molar-refractivity contribution < 1.29 is 9.47 Å². The smallest absolute Gasteiger partial charge is 0.119 e. The summed E-state index contributed by atoms with van der Waals surface area (Å²) in [6.07, 6.45) is 0.0548. The van der Waals surface area contributed by atoms with E-state index in [-0.39, 0.29) is 6.10 Å². The molecule has 88 valence electrons. The summed E-state index contributed by atoms with van der Waals surface area (Å²) in [5.74, 6) is 6.67. The van der Waals surface area contributed by atoms with E-state index in [0.29, 0.717) is 13.2 Å². The molecule has 0 aliphatic carbocycles. The Morgan fingerprint density at radius 2 is 2.44 bits per heavy atom. The first-order valence-electron chi connectivity index (χ1n) is 5.63. The first kappa shape index (κ1) is 11.4. The summed E-state index contributed by atoms with van der Waals surface area (Å²) in [7, 11) is 0. The predicted octanol–water partition coefficient (Wildman–Crippen LogP) is 1.33. The number of morpholine rings is 1. The van der Waals surface area contributed by atoms with Gasteiger partial charge in [-0.05, 0) is 24.6 Å². The fourth-order valence-electron chi connectivity index (χ4n) is 1.84. The predicted molar refractivity (Wildman–Crippen MR) is 62.1 cm³/mol. The molecule has 1 aromatic carbocycles. The molecule has 4 heteroatoms. The van der Waals surface area contributed by atoms with Gasteiger partial charge in [-0.25, -0.2) is 5.01 Å². The van der Waals surface area contributed by atoms with Crippen LogP contribution < -0.4 is 10.6 Å². The van der Waals surface area contributed by atoms with Crippen LogP contribution >= 0.6 is 0 Å². The SMILES string of the molecule is CCOc1cccc(C2CN(N)CCO2)c1. The molecule has 2 rings (SSSR count). The Labute approximate surface area is 95.9 Å². The summed E-state index contributed by atoms with van der Waals surface area (Å²) in [6.45, 7) is 4.86. The summed E-state index contributed by atoms with van der Waals surface area (Å²) < 4.78 is 11.2. The highest BCUT2D eigenvalue weighted by Gasteiger charge is 2.20. The summed E-state index contributed by atoms with van der Waals surface area (Å²) in [5, 5.41) is 1.79. The molecular weight excluding hydrogens is 204 g/mol. The van der Waals surface area contributed by atoms with Gasteiger partial charge in [-0.1, -0.05) is 12.1 Å². The zero-order chi connectivity index (χ0) is 11.4. The van der Waals surface area contributed by atoms with Crippen LogP contribution in [0, 0.1) is 0 Å². The van der Waals surface area contributed by atoms with Crippen LogP contribution in [0.1, 0.15) is 18.6 Å². The van der Waals surface area contributed by atoms with Gasteiger partial charge in [0.1, 0.15) is 5.75 Å². The van der Waals surface area contributed by atoms with E-state index in [4.69, 9.17) is 15.3 Å². The van der Waals surface area contributed by atoms with Crippen molar-refractivity contribution in [3.05, 3.63) is 29.8 Å². The van der Waals surface area contributed by atoms with Crippen molar-refractivity contribution in [3.63, 3.8) is 0 Å². The molecule has 16 heavy (non-hydrogen) atoms. The maximum Gasteiger partial charge on any atom is 0.119 e. The standard InChI is InChI=1S/C12H18N2O2/c1-2-15-11-5-3-4-10(8-11)12-9-14(13)6-7-16-12/h3-5,8,12H,2,6-7,9,13H2,1H3. The van der Waals surface area contributed by atoms with Crippen molar-refractivity contribution in [1.29, 1.82) is 0 Å². The monoisotopic (exact) mass is 222 g/mol. The van der Waals surface area contributed by atoms with Gasteiger partial charge in [-0.3, -0.25) is 5.84 Å². The van der Waals surface area contributed by atoms with Gasteiger partial charge in [0.15, 0.2) is 0 Å². The number of hydrogen-bond donors (Lipinski definition) is 1. The van der Waals surface area contributed by atoms with Crippen LogP contribution in [0.15, 0.2) is 24.3 Å². The van der Waals surface area contributed by atoms with E-state index in [0.717, 1.165) is 24.4 Å². The third kappa shape index (κ3) is 2.72. The Balaban J connectivity index is 2.09. The molecule has 1 saturated heterocycles. The van der Waals surface area contributed by atoms with Crippen LogP contribution in [-0.4, -0.2) is 31.3 Å². The molecule has 1 unspecified atom stereocenters. The van der Waals surface area contributed by atoms with Crippen LogP contribution in [0.5, 0.6) is 5.75 Å². The molecule has 0 bridgehead atoms. The highest BCUT2D eigenvalue weighted by atomic mass is 16.5. The van der Waals surface area contributed by atoms with Crippen molar-refractivity contribution in [2.45, 2.75) is 13.0 Å². The van der Waals surface area contributed by atoms with Gasteiger partial charge in [0, 0.05) is 13.1 Å². The zero-order valence-corrected chi connectivity index (χ0v) is 9.56. The van der Waals surface area contributed by atoms with E-state index >= 15 is 0 Å². The molecule has 0 saturated carbocycles. The fourth-order valence-corrected chi connectivity index (χ4v) is 1.84. The summed E-state index contributed by atoms with van der Waals surface area (Å²) in [6, 6.07) is 8.01. The van der Waals surface area contributed by atoms with Crippen LogP contribution in [0.4, 0.5) is 0 Å². The maximum atomic E-state index is 5.78. The summed E-state index contributed by atoms with van der Waals surface area (Å²) >= 11 is 0. The number of rotatable bonds is 3. The highest BCUT2D eigenvalue weighted by Crippen LogP contribution is 2.24. The Kier molecular flexibility index (Phi) is 3.77. The number of nitrogens with two attached hydrogens (primary N) is 1. The third-order valence-corrected chi connectivity index (χ3v) is 2.64. The molecule has 4 nitrogen and oxygen atoms in total. The largest absolute Gasteiger partial charge is 0.494 e. The van der Waals surface area contributed by atoms with Gasteiger partial charge in [-0.15, -0.1) is 0 Å². The van der Waals surface area contributed by atoms with E-state index in [2.05, 4.69) is 0 Å². The van der Waals surface area contributed by atoms with Gasteiger partial charge < -0.3 is 9.47 Å². The van der Waals surface area contributed by atoms with Crippen LogP contribution in [0.2, 0.25) is 0 Å². The van der Waals surface area contributed by atoms with Crippen molar-refractivity contribution >= 4 is 0 Å². The molecule has 1 atom stereocenters. The molecule has 1 fully saturated rings. The minimum Gasteiger partial charge on any atom is -0.494 e. The van der Waals surface area contributed by atoms with Crippen LogP contribution in [0.25, 0.3) is 0 Å². The van der Waals surface area contributed by atoms with E-state index in [9.17, 15) is 0 Å². The number of hydrazine groups is 1. The van der Waals surface area contributed by atoms with Gasteiger partial charge >= 0.3 is 0 Å². The average molecular weight is 222 g/mol. The Morgan fingerprint density at radius 3 is 3.19 bits per heavy atom. The lowest BCUT2D eigenvalue weighted by Gasteiger charge is -2.29. The van der Waals surface area contributed by atoms with E-state index < -0.39 is 0 Å². The first-order valence-corrected chi connectivity index (χ1v) is 5.63. The van der Waals surface area contributed by atoms with E-state index in [1.54, 1.807) is 5.01 Å². The topological polar surface area (TPSA) is 47.7 Å². The van der Waals surface area contributed by atoms with Crippen LogP contribution in [0.3, 0.4) is 0 Å². The second kappa shape index (κ2) is 5.30. The number of ether oxygens (including phenoxy) is 2. The molecule has 1 aliphatic heterocycles. The normalized spacial score (nSPS) is 22.0. The van der Waals surface area contributed by atoms with Crippen molar-refractivity contribution in [3.8, 4) is 5.75 Å². The van der Waals surface area contributed by atoms with E-state index in [1.165, 1.54) is 0 Å². The summed E-state index contributed by atoms with van der Waals surface area (Å²) in [5.41, 5.74) is 1.13. The lowest BCUT2D eigenvalue weighted by molar-refractivity contribution is -0.0305. The first-order chi connectivity index (χ1) is 7.79. The molecule has 0 spiro atoms. The highest BCUT2D eigenvalue weighted by molar-refractivity contribution is 5.30. The van der Waals surface area contributed by atoms with Gasteiger partial charge in [0.2, 0.25) is 0 Å². The Hall–Kier alpha value is -1.10. The number of benzene rings is 1. The molecule has 0 amide bonds. The second-order valence-corrected chi connectivity index (χ2v) is 3.86. The molecule has 1 heterocycles. The fraction of sp³-hybridized carbons (Fsp3) is 0.500. The second-order valence-electron chi connectivity index (χ2n) is 3.86. The maximum absolute atomic E-state index is 5.78. The van der Waals surface area contributed by atoms with Gasteiger partial charge in [0.05, 0.1) is 19.3 Å². The molecule has 0 radical (unpaired) electrons. The lowest BCUT2D eigenvalue weighted by Crippen LogP contribution is -2.42. The number of nitrogens with zero attached hydrogens (tertiary/aromatic N) is 1.